The summed E-state index contributed by atoms with van der Waals surface area (Å²) >= 11 is 0. The lowest BCUT2D eigenvalue weighted by Crippen LogP contribution is -2.36. The van der Waals surface area contributed by atoms with Gasteiger partial charge in [-0.05, 0) is 55.4 Å². The van der Waals surface area contributed by atoms with Gasteiger partial charge in [0.1, 0.15) is 5.76 Å². The van der Waals surface area contributed by atoms with Gasteiger partial charge in [-0.3, -0.25) is 4.79 Å². The summed E-state index contributed by atoms with van der Waals surface area (Å²) in [6, 6.07) is 14.6. The van der Waals surface area contributed by atoms with E-state index in [2.05, 4.69) is 35.6 Å². The Bertz CT molecular complexity index is 608. The third-order valence-corrected chi connectivity index (χ3v) is 4.29. The van der Waals surface area contributed by atoms with Crippen LogP contribution in [0.25, 0.3) is 6.08 Å². The molecule has 0 saturated heterocycles. The first-order chi connectivity index (χ1) is 10.8. The second-order valence-electron chi connectivity index (χ2n) is 5.82. The van der Waals surface area contributed by atoms with Crippen molar-refractivity contribution in [3.63, 3.8) is 0 Å². The summed E-state index contributed by atoms with van der Waals surface area (Å²) in [5.41, 5.74) is 1.42. The van der Waals surface area contributed by atoms with Gasteiger partial charge in [-0.1, -0.05) is 30.3 Å². The standard InChI is InChI=1S/C19H21NO2/c21-19(13-12-18-7-4-14-22-18)20-17-10-8-16(9-11-17)15-5-2-1-3-6-15/h1-7,12-14,16-17H,8-11H2,(H,20,21). The number of benzene rings is 1. The Morgan fingerprint density at radius 3 is 2.50 bits per heavy atom. The summed E-state index contributed by atoms with van der Waals surface area (Å²) < 4.78 is 5.17. The van der Waals surface area contributed by atoms with Gasteiger partial charge < -0.3 is 9.73 Å². The first-order valence-electron chi connectivity index (χ1n) is 7.88. The highest BCUT2D eigenvalue weighted by molar-refractivity contribution is 5.91. The van der Waals surface area contributed by atoms with E-state index >= 15 is 0 Å². The van der Waals surface area contributed by atoms with Crippen molar-refractivity contribution in [2.75, 3.05) is 0 Å². The Balaban J connectivity index is 1.47. The fourth-order valence-corrected chi connectivity index (χ4v) is 3.09. The zero-order valence-corrected chi connectivity index (χ0v) is 12.6. The minimum atomic E-state index is -0.0421. The molecule has 0 atom stereocenters. The SMILES string of the molecule is O=C(C=Cc1ccco1)NC1CCC(c2ccccc2)CC1. The van der Waals surface area contributed by atoms with E-state index in [1.54, 1.807) is 18.4 Å². The van der Waals surface area contributed by atoms with Crippen molar-refractivity contribution in [3.05, 3.63) is 66.1 Å². The number of carbonyl (C=O) groups is 1. The average molecular weight is 295 g/mol. The fraction of sp³-hybridized carbons (Fsp3) is 0.316. The van der Waals surface area contributed by atoms with Crippen molar-refractivity contribution in [2.45, 2.75) is 37.6 Å². The number of rotatable bonds is 4. The van der Waals surface area contributed by atoms with Crippen molar-refractivity contribution in [3.8, 4) is 0 Å². The molecule has 1 aromatic heterocycles. The number of amides is 1. The molecule has 1 fully saturated rings. The molecular formula is C19H21NO2. The molecule has 2 aromatic rings. The van der Waals surface area contributed by atoms with Crippen molar-refractivity contribution >= 4 is 12.0 Å². The van der Waals surface area contributed by atoms with Crippen LogP contribution in [0.15, 0.2) is 59.2 Å². The summed E-state index contributed by atoms with van der Waals surface area (Å²) in [5.74, 6) is 1.29. The first-order valence-corrected chi connectivity index (χ1v) is 7.88. The summed E-state index contributed by atoms with van der Waals surface area (Å²) in [6.07, 6.45) is 9.20. The van der Waals surface area contributed by atoms with Crippen molar-refractivity contribution in [1.82, 2.24) is 5.32 Å². The molecule has 0 aliphatic heterocycles. The maximum Gasteiger partial charge on any atom is 0.244 e. The number of carbonyl (C=O) groups excluding carboxylic acids is 1. The molecule has 0 bridgehead atoms. The van der Waals surface area contributed by atoms with E-state index in [0.717, 1.165) is 25.7 Å². The molecule has 0 unspecified atom stereocenters. The molecule has 3 nitrogen and oxygen atoms in total. The molecule has 0 radical (unpaired) electrons. The lowest BCUT2D eigenvalue weighted by Gasteiger charge is -2.29. The molecular weight excluding hydrogens is 274 g/mol. The van der Waals surface area contributed by atoms with Crippen LogP contribution in [0.4, 0.5) is 0 Å². The lowest BCUT2D eigenvalue weighted by atomic mass is 9.82. The van der Waals surface area contributed by atoms with Gasteiger partial charge in [0.2, 0.25) is 5.91 Å². The molecule has 1 heterocycles. The van der Waals surface area contributed by atoms with Gasteiger partial charge in [0.05, 0.1) is 6.26 Å². The van der Waals surface area contributed by atoms with Gasteiger partial charge >= 0.3 is 0 Å². The monoisotopic (exact) mass is 295 g/mol. The van der Waals surface area contributed by atoms with Crippen molar-refractivity contribution in [2.24, 2.45) is 0 Å². The quantitative estimate of drug-likeness (QED) is 0.862. The molecule has 1 amide bonds. The molecule has 1 aliphatic rings. The molecule has 3 rings (SSSR count). The predicted molar refractivity (Wildman–Crippen MR) is 87.3 cm³/mol. The second kappa shape index (κ2) is 7.12. The molecule has 22 heavy (non-hydrogen) atoms. The first kappa shape index (κ1) is 14.6. The predicted octanol–water partition coefficient (Wildman–Crippen LogP) is 4.14. The number of hydrogen-bond acceptors (Lipinski definition) is 2. The number of nitrogens with one attached hydrogen (secondary N) is 1. The van der Waals surface area contributed by atoms with E-state index in [1.165, 1.54) is 5.56 Å². The Morgan fingerprint density at radius 2 is 1.82 bits per heavy atom. The molecule has 0 spiro atoms. The van der Waals surface area contributed by atoms with Crippen LogP contribution in [-0.4, -0.2) is 11.9 Å². The Kier molecular flexibility index (Phi) is 4.74. The summed E-state index contributed by atoms with van der Waals surface area (Å²) in [5, 5.41) is 3.09. The average Bonchev–Trinajstić information content (AvgIpc) is 3.08. The van der Waals surface area contributed by atoms with E-state index in [-0.39, 0.29) is 11.9 Å². The lowest BCUT2D eigenvalue weighted by molar-refractivity contribution is -0.117. The Morgan fingerprint density at radius 1 is 1.05 bits per heavy atom. The maximum absolute atomic E-state index is 11.9. The van der Waals surface area contributed by atoms with Crippen LogP contribution in [0.3, 0.4) is 0 Å². The minimum Gasteiger partial charge on any atom is -0.465 e. The minimum absolute atomic E-state index is 0.0421. The molecule has 1 saturated carbocycles. The fourth-order valence-electron chi connectivity index (χ4n) is 3.09. The van der Waals surface area contributed by atoms with Crippen molar-refractivity contribution < 1.29 is 9.21 Å². The van der Waals surface area contributed by atoms with E-state index < -0.39 is 0 Å². The normalized spacial score (nSPS) is 21.8. The molecule has 1 aromatic carbocycles. The summed E-state index contributed by atoms with van der Waals surface area (Å²) in [6.45, 7) is 0. The van der Waals surface area contributed by atoms with Crippen LogP contribution in [0.5, 0.6) is 0 Å². The highest BCUT2D eigenvalue weighted by Crippen LogP contribution is 2.32. The number of hydrogen-bond donors (Lipinski definition) is 1. The molecule has 1 N–H and O–H groups in total. The van der Waals surface area contributed by atoms with E-state index in [1.807, 2.05) is 12.1 Å². The van der Waals surface area contributed by atoms with Gasteiger partial charge in [-0.15, -0.1) is 0 Å². The summed E-state index contributed by atoms with van der Waals surface area (Å²) in [7, 11) is 0. The van der Waals surface area contributed by atoms with Crippen LogP contribution < -0.4 is 5.32 Å². The summed E-state index contributed by atoms with van der Waals surface area (Å²) in [4.78, 5) is 11.9. The van der Waals surface area contributed by atoms with Gasteiger partial charge in [0.15, 0.2) is 0 Å². The van der Waals surface area contributed by atoms with E-state index in [9.17, 15) is 4.79 Å². The van der Waals surface area contributed by atoms with Crippen LogP contribution in [0.2, 0.25) is 0 Å². The molecule has 1 aliphatic carbocycles. The third kappa shape index (κ3) is 3.88. The molecule has 3 heteroatoms. The zero-order valence-electron chi connectivity index (χ0n) is 12.6. The third-order valence-electron chi connectivity index (χ3n) is 4.29. The second-order valence-corrected chi connectivity index (χ2v) is 5.82. The number of furan rings is 1. The molecule has 114 valence electrons. The van der Waals surface area contributed by atoms with Gasteiger partial charge in [-0.25, -0.2) is 0 Å². The highest BCUT2D eigenvalue weighted by atomic mass is 16.3. The maximum atomic E-state index is 11.9. The van der Waals surface area contributed by atoms with E-state index in [0.29, 0.717) is 11.7 Å². The Labute approximate surface area is 131 Å². The van der Waals surface area contributed by atoms with Gasteiger partial charge in [0, 0.05) is 12.1 Å². The highest BCUT2D eigenvalue weighted by Gasteiger charge is 2.22. The zero-order chi connectivity index (χ0) is 15.2. The van der Waals surface area contributed by atoms with Crippen LogP contribution in [-0.2, 0) is 4.79 Å². The van der Waals surface area contributed by atoms with Crippen molar-refractivity contribution in [1.29, 1.82) is 0 Å². The topological polar surface area (TPSA) is 42.2 Å². The van der Waals surface area contributed by atoms with Gasteiger partial charge in [-0.2, -0.15) is 0 Å². The largest absolute Gasteiger partial charge is 0.465 e. The Hall–Kier alpha value is -2.29. The van der Waals surface area contributed by atoms with Crippen LogP contribution in [0, 0.1) is 0 Å². The van der Waals surface area contributed by atoms with Crippen LogP contribution >= 0.6 is 0 Å². The van der Waals surface area contributed by atoms with Crippen LogP contribution in [0.1, 0.15) is 42.9 Å². The van der Waals surface area contributed by atoms with Gasteiger partial charge in [0.25, 0.3) is 0 Å². The van der Waals surface area contributed by atoms with E-state index in [4.69, 9.17) is 4.42 Å². The smallest absolute Gasteiger partial charge is 0.244 e.